The van der Waals surface area contributed by atoms with Gasteiger partial charge in [-0.2, -0.15) is 0 Å². The van der Waals surface area contributed by atoms with E-state index in [2.05, 4.69) is 10.1 Å². The molecule has 0 aliphatic rings. The van der Waals surface area contributed by atoms with Crippen molar-refractivity contribution in [1.82, 2.24) is 4.98 Å². The summed E-state index contributed by atoms with van der Waals surface area (Å²) in [5.41, 5.74) is 1.55. The smallest absolute Gasteiger partial charge is 0.0765 e. The van der Waals surface area contributed by atoms with Crippen molar-refractivity contribution in [2.75, 3.05) is 0 Å². The first-order valence-corrected chi connectivity index (χ1v) is 3.59. The molecule has 1 rings (SSSR count). The molecule has 1 aromatic rings. The minimum absolute atomic E-state index is 0.568. The molecular weight excluding hydrogens is 152 g/mol. The first kappa shape index (κ1) is 8.46. The number of hydrogen-bond acceptors (Lipinski definition) is 3. The van der Waals surface area contributed by atoms with Gasteiger partial charge < -0.3 is 5.21 Å². The normalized spacial score (nSPS) is 12.2. The molecule has 0 aromatic carbocycles. The van der Waals surface area contributed by atoms with Crippen LogP contribution < -0.4 is 0 Å². The molecule has 12 heavy (non-hydrogen) atoms. The second-order valence-corrected chi connectivity index (χ2v) is 2.36. The summed E-state index contributed by atoms with van der Waals surface area (Å²) in [6.07, 6.45) is 7.00. The number of hydrogen-bond donors (Lipinski definition) is 1. The van der Waals surface area contributed by atoms with E-state index >= 15 is 0 Å². The highest BCUT2D eigenvalue weighted by Gasteiger charge is 1.84. The zero-order valence-electron chi connectivity index (χ0n) is 6.81. The molecular formula is C9H10N2O. The lowest BCUT2D eigenvalue weighted by Gasteiger charge is -1.89. The van der Waals surface area contributed by atoms with Gasteiger partial charge in [0.05, 0.1) is 5.71 Å². The second-order valence-electron chi connectivity index (χ2n) is 2.36. The van der Waals surface area contributed by atoms with Gasteiger partial charge in [0, 0.05) is 12.4 Å². The van der Waals surface area contributed by atoms with Crippen molar-refractivity contribution in [2.24, 2.45) is 5.16 Å². The molecule has 0 radical (unpaired) electrons. The number of allylic oxidation sites excluding steroid dienone is 1. The van der Waals surface area contributed by atoms with Crippen molar-refractivity contribution >= 4 is 11.8 Å². The molecule has 0 spiro atoms. The number of aromatic nitrogens is 1. The Hall–Kier alpha value is -1.64. The van der Waals surface area contributed by atoms with Crippen LogP contribution in [0.3, 0.4) is 0 Å². The van der Waals surface area contributed by atoms with E-state index < -0.39 is 0 Å². The Kier molecular flexibility index (Phi) is 3.02. The van der Waals surface area contributed by atoms with Gasteiger partial charge in [-0.3, -0.25) is 4.98 Å². The molecule has 3 nitrogen and oxygen atoms in total. The number of rotatable bonds is 2. The van der Waals surface area contributed by atoms with Gasteiger partial charge in [0.25, 0.3) is 0 Å². The van der Waals surface area contributed by atoms with Crippen LogP contribution in [0, 0.1) is 0 Å². The van der Waals surface area contributed by atoms with Crippen molar-refractivity contribution in [3.05, 3.63) is 36.2 Å². The third kappa shape index (κ3) is 2.54. The van der Waals surface area contributed by atoms with Gasteiger partial charge in [-0.25, -0.2) is 0 Å². The number of nitrogens with zero attached hydrogens (tertiary/aromatic N) is 2. The zero-order valence-corrected chi connectivity index (χ0v) is 6.81. The molecule has 0 bridgehead atoms. The average molecular weight is 162 g/mol. The molecule has 0 amide bonds. The standard InChI is InChI=1S/C9H10N2O/c1-8(11-12)4-5-9-3-2-6-10-7-9/h2-7,12H,1H3/b5-4+,11-8+. The van der Waals surface area contributed by atoms with E-state index in [0.29, 0.717) is 5.71 Å². The summed E-state index contributed by atoms with van der Waals surface area (Å²) in [7, 11) is 0. The molecule has 1 heterocycles. The van der Waals surface area contributed by atoms with E-state index in [0.717, 1.165) is 5.56 Å². The van der Waals surface area contributed by atoms with Crippen molar-refractivity contribution < 1.29 is 5.21 Å². The van der Waals surface area contributed by atoms with Crippen LogP contribution in [0.25, 0.3) is 6.08 Å². The first-order valence-electron chi connectivity index (χ1n) is 3.59. The Bertz CT molecular complexity index is 291. The van der Waals surface area contributed by atoms with Gasteiger partial charge in [0.15, 0.2) is 0 Å². The highest BCUT2D eigenvalue weighted by atomic mass is 16.4. The second kappa shape index (κ2) is 4.28. The van der Waals surface area contributed by atoms with Crippen LogP contribution in [0.5, 0.6) is 0 Å². The third-order valence-corrected chi connectivity index (χ3v) is 1.36. The molecule has 1 aromatic heterocycles. The van der Waals surface area contributed by atoms with Gasteiger partial charge in [0.2, 0.25) is 0 Å². The SMILES string of the molecule is CC(/C=C/c1cccnc1)=N\O. The Morgan fingerprint density at radius 1 is 1.67 bits per heavy atom. The molecule has 0 aliphatic heterocycles. The van der Waals surface area contributed by atoms with Crippen molar-refractivity contribution in [3.8, 4) is 0 Å². The van der Waals surface area contributed by atoms with Gasteiger partial charge in [0.1, 0.15) is 0 Å². The summed E-state index contributed by atoms with van der Waals surface area (Å²) < 4.78 is 0. The summed E-state index contributed by atoms with van der Waals surface area (Å²) in [6, 6.07) is 3.78. The van der Waals surface area contributed by atoms with E-state index in [1.54, 1.807) is 25.4 Å². The summed E-state index contributed by atoms with van der Waals surface area (Å²) in [5.74, 6) is 0. The Balaban J connectivity index is 2.70. The highest BCUT2D eigenvalue weighted by molar-refractivity contribution is 5.95. The molecule has 0 saturated carbocycles. The number of pyridine rings is 1. The monoisotopic (exact) mass is 162 g/mol. The van der Waals surface area contributed by atoms with Crippen LogP contribution in [-0.4, -0.2) is 15.9 Å². The van der Waals surface area contributed by atoms with Crippen LogP contribution in [-0.2, 0) is 0 Å². The van der Waals surface area contributed by atoms with Crippen LogP contribution >= 0.6 is 0 Å². The molecule has 62 valence electrons. The molecule has 0 unspecified atom stereocenters. The van der Waals surface area contributed by atoms with Gasteiger partial charge in [-0.15, -0.1) is 0 Å². The quantitative estimate of drug-likeness (QED) is 0.410. The summed E-state index contributed by atoms with van der Waals surface area (Å²) in [4.78, 5) is 3.93. The van der Waals surface area contributed by atoms with Crippen LogP contribution in [0.2, 0.25) is 0 Å². The van der Waals surface area contributed by atoms with E-state index in [4.69, 9.17) is 5.21 Å². The fraction of sp³-hybridized carbons (Fsp3) is 0.111. The van der Waals surface area contributed by atoms with Gasteiger partial charge >= 0.3 is 0 Å². The van der Waals surface area contributed by atoms with E-state index in [1.807, 2.05) is 18.2 Å². The largest absolute Gasteiger partial charge is 0.411 e. The van der Waals surface area contributed by atoms with Gasteiger partial charge in [-0.05, 0) is 24.6 Å². The number of oxime groups is 1. The predicted octanol–water partition coefficient (Wildman–Crippen LogP) is 1.94. The Labute approximate surface area is 71.1 Å². The lowest BCUT2D eigenvalue weighted by molar-refractivity contribution is 0.319. The summed E-state index contributed by atoms with van der Waals surface area (Å²) >= 11 is 0. The topological polar surface area (TPSA) is 45.5 Å². The lowest BCUT2D eigenvalue weighted by atomic mass is 10.2. The van der Waals surface area contributed by atoms with E-state index in [9.17, 15) is 0 Å². The lowest BCUT2D eigenvalue weighted by Crippen LogP contribution is -1.82. The maximum atomic E-state index is 8.33. The van der Waals surface area contributed by atoms with Crippen molar-refractivity contribution in [3.63, 3.8) is 0 Å². The molecule has 1 N–H and O–H groups in total. The average Bonchev–Trinajstić information content (AvgIpc) is 2.16. The minimum Gasteiger partial charge on any atom is -0.411 e. The maximum Gasteiger partial charge on any atom is 0.0765 e. The minimum atomic E-state index is 0.568. The van der Waals surface area contributed by atoms with Crippen LogP contribution in [0.4, 0.5) is 0 Å². The van der Waals surface area contributed by atoms with E-state index in [-0.39, 0.29) is 0 Å². The molecule has 0 saturated heterocycles. The summed E-state index contributed by atoms with van der Waals surface area (Å²) in [5, 5.41) is 11.3. The van der Waals surface area contributed by atoms with Crippen molar-refractivity contribution in [2.45, 2.75) is 6.92 Å². The first-order chi connectivity index (χ1) is 5.83. The van der Waals surface area contributed by atoms with Gasteiger partial charge in [-0.1, -0.05) is 17.3 Å². The molecule has 0 aliphatic carbocycles. The maximum absolute atomic E-state index is 8.33. The predicted molar refractivity (Wildman–Crippen MR) is 48.2 cm³/mol. The fourth-order valence-corrected chi connectivity index (χ4v) is 0.725. The van der Waals surface area contributed by atoms with E-state index in [1.165, 1.54) is 0 Å². The van der Waals surface area contributed by atoms with Crippen molar-refractivity contribution in [1.29, 1.82) is 0 Å². The van der Waals surface area contributed by atoms with Crippen LogP contribution in [0.15, 0.2) is 35.8 Å². The third-order valence-electron chi connectivity index (χ3n) is 1.36. The van der Waals surface area contributed by atoms with Crippen LogP contribution in [0.1, 0.15) is 12.5 Å². The zero-order chi connectivity index (χ0) is 8.81. The highest BCUT2D eigenvalue weighted by Crippen LogP contribution is 1.98. The fourth-order valence-electron chi connectivity index (χ4n) is 0.725. The Morgan fingerprint density at radius 3 is 3.08 bits per heavy atom. The molecule has 0 atom stereocenters. The Morgan fingerprint density at radius 2 is 2.50 bits per heavy atom. The molecule has 3 heteroatoms. The molecule has 0 fully saturated rings. The summed E-state index contributed by atoms with van der Waals surface area (Å²) in [6.45, 7) is 1.72.